The number of rotatable bonds is 2. The minimum Gasteiger partial charge on any atom is -0.330 e. The van der Waals surface area contributed by atoms with Crippen molar-refractivity contribution in [2.24, 2.45) is 0 Å². The molecular weight excluding hydrogens is 314 g/mol. The molecule has 1 aliphatic rings. The van der Waals surface area contributed by atoms with E-state index < -0.39 is 5.54 Å². The number of carbonyl (C=O) groups is 1. The van der Waals surface area contributed by atoms with Crippen LogP contribution in [0.5, 0.6) is 0 Å². The molecule has 3 aromatic rings. The summed E-state index contributed by atoms with van der Waals surface area (Å²) >= 11 is 5.99. The van der Waals surface area contributed by atoms with Crippen LogP contribution in [0.15, 0.2) is 36.9 Å². The zero-order valence-corrected chi connectivity index (χ0v) is 13.2. The first-order valence-electron chi connectivity index (χ1n) is 7.30. The molecule has 1 aliphatic heterocycles. The third-order valence-electron chi connectivity index (χ3n) is 4.54. The van der Waals surface area contributed by atoms with Crippen LogP contribution in [0.4, 0.5) is 0 Å². The lowest BCUT2D eigenvalue weighted by Crippen LogP contribution is -2.49. The van der Waals surface area contributed by atoms with Gasteiger partial charge in [-0.25, -0.2) is 9.50 Å². The molecule has 116 valence electrons. The highest BCUT2D eigenvalue weighted by Gasteiger charge is 2.42. The Bertz CT molecular complexity index is 908. The van der Waals surface area contributed by atoms with Gasteiger partial charge >= 0.3 is 0 Å². The number of fused-ring (bicyclic) bond motifs is 2. The van der Waals surface area contributed by atoms with Gasteiger partial charge in [0.2, 0.25) is 6.41 Å². The second kappa shape index (κ2) is 5.03. The number of hydrogen-bond donors (Lipinski definition) is 0. The van der Waals surface area contributed by atoms with Crippen LogP contribution in [0.2, 0.25) is 5.02 Å². The fourth-order valence-electron chi connectivity index (χ4n) is 3.23. The molecule has 23 heavy (non-hydrogen) atoms. The maximum Gasteiger partial charge on any atom is 0.210 e. The number of halogens is 1. The van der Waals surface area contributed by atoms with Crippen LogP contribution in [0.3, 0.4) is 0 Å². The zero-order valence-electron chi connectivity index (χ0n) is 12.5. The molecule has 0 aromatic carbocycles. The Balaban J connectivity index is 1.96. The Kier molecular flexibility index (Phi) is 3.09. The average molecular weight is 328 g/mol. The predicted octanol–water partition coefficient (Wildman–Crippen LogP) is 2.06. The predicted molar refractivity (Wildman–Crippen MR) is 85.2 cm³/mol. The monoisotopic (exact) mass is 327 g/mol. The van der Waals surface area contributed by atoms with Gasteiger partial charge in [-0.15, -0.1) is 0 Å². The fraction of sp³-hybridized carbons (Fsp3) is 0.250. The first-order chi connectivity index (χ1) is 11.1. The van der Waals surface area contributed by atoms with E-state index in [2.05, 4.69) is 15.1 Å². The molecule has 1 unspecified atom stereocenters. The lowest BCUT2D eigenvalue weighted by Gasteiger charge is -2.42. The molecule has 1 amide bonds. The van der Waals surface area contributed by atoms with Gasteiger partial charge in [-0.05, 0) is 25.0 Å². The number of nitrogens with zero attached hydrogens (tertiary/aromatic N) is 5. The van der Waals surface area contributed by atoms with Crippen LogP contribution in [0.25, 0.3) is 5.65 Å². The van der Waals surface area contributed by atoms with Gasteiger partial charge in [0.05, 0.1) is 16.9 Å². The largest absolute Gasteiger partial charge is 0.330 e. The SMILES string of the molecule is CC1(c2cc3ncc(Cl)cn3n2)c2cnccc2CCN1C=O. The lowest BCUT2D eigenvalue weighted by molar-refractivity contribution is -0.123. The number of hydrogen-bond acceptors (Lipinski definition) is 4. The highest BCUT2D eigenvalue weighted by molar-refractivity contribution is 6.30. The molecule has 3 aromatic heterocycles. The molecule has 0 saturated carbocycles. The van der Waals surface area contributed by atoms with E-state index in [-0.39, 0.29) is 0 Å². The summed E-state index contributed by atoms with van der Waals surface area (Å²) in [6.45, 7) is 2.63. The van der Waals surface area contributed by atoms with Crippen molar-refractivity contribution in [3.05, 3.63) is 58.8 Å². The van der Waals surface area contributed by atoms with Gasteiger partial charge in [0, 0.05) is 36.8 Å². The van der Waals surface area contributed by atoms with Crippen molar-refractivity contribution < 1.29 is 4.79 Å². The van der Waals surface area contributed by atoms with Gasteiger partial charge in [-0.2, -0.15) is 5.10 Å². The molecular formula is C16H14ClN5O. The highest BCUT2D eigenvalue weighted by atomic mass is 35.5. The number of carbonyl (C=O) groups excluding carboxylic acids is 1. The Morgan fingerprint density at radius 2 is 2.26 bits per heavy atom. The van der Waals surface area contributed by atoms with Crippen LogP contribution >= 0.6 is 11.6 Å². The Morgan fingerprint density at radius 3 is 3.09 bits per heavy atom. The van der Waals surface area contributed by atoms with Crippen molar-refractivity contribution >= 4 is 23.7 Å². The minimum absolute atomic E-state index is 0.509. The molecule has 0 radical (unpaired) electrons. The molecule has 0 N–H and O–H groups in total. The van der Waals surface area contributed by atoms with Gasteiger partial charge in [-0.3, -0.25) is 9.78 Å². The summed E-state index contributed by atoms with van der Waals surface area (Å²) in [4.78, 5) is 21.9. The second-order valence-electron chi connectivity index (χ2n) is 5.76. The van der Waals surface area contributed by atoms with Crippen LogP contribution in [-0.2, 0) is 16.8 Å². The number of pyridine rings is 1. The molecule has 0 bridgehead atoms. The summed E-state index contributed by atoms with van der Waals surface area (Å²) in [6.07, 6.45) is 8.56. The molecule has 0 aliphatic carbocycles. The normalized spacial score (nSPS) is 20.5. The summed E-state index contributed by atoms with van der Waals surface area (Å²) < 4.78 is 1.64. The highest BCUT2D eigenvalue weighted by Crippen LogP contribution is 2.39. The molecule has 0 fully saturated rings. The molecule has 4 rings (SSSR count). The summed E-state index contributed by atoms with van der Waals surface area (Å²) in [5.41, 5.74) is 2.93. The molecule has 6 nitrogen and oxygen atoms in total. The molecule has 0 saturated heterocycles. The van der Waals surface area contributed by atoms with Crippen molar-refractivity contribution in [3.63, 3.8) is 0 Å². The van der Waals surface area contributed by atoms with E-state index in [1.165, 1.54) is 5.56 Å². The van der Waals surface area contributed by atoms with E-state index in [1.807, 2.05) is 25.3 Å². The van der Waals surface area contributed by atoms with Crippen molar-refractivity contribution in [2.75, 3.05) is 6.54 Å². The van der Waals surface area contributed by atoms with Gasteiger partial charge in [0.25, 0.3) is 0 Å². The number of amides is 1. The Morgan fingerprint density at radius 1 is 1.39 bits per heavy atom. The molecule has 1 atom stereocenters. The summed E-state index contributed by atoms with van der Waals surface area (Å²) in [7, 11) is 0. The van der Waals surface area contributed by atoms with Crippen LogP contribution in [0, 0.1) is 0 Å². The van der Waals surface area contributed by atoms with Crippen molar-refractivity contribution in [3.8, 4) is 0 Å². The Labute approximate surface area is 137 Å². The third kappa shape index (κ3) is 2.02. The lowest BCUT2D eigenvalue weighted by atomic mass is 9.81. The fourth-order valence-corrected chi connectivity index (χ4v) is 3.38. The smallest absolute Gasteiger partial charge is 0.210 e. The van der Waals surface area contributed by atoms with Gasteiger partial charge in [-0.1, -0.05) is 11.6 Å². The first-order valence-corrected chi connectivity index (χ1v) is 7.67. The van der Waals surface area contributed by atoms with Crippen LogP contribution in [0.1, 0.15) is 23.7 Å². The number of aromatic nitrogens is 4. The van der Waals surface area contributed by atoms with E-state index >= 15 is 0 Å². The Hall–Kier alpha value is -2.47. The molecule has 0 spiro atoms. The summed E-state index contributed by atoms with van der Waals surface area (Å²) in [5.74, 6) is 0. The quantitative estimate of drug-likeness (QED) is 0.676. The molecule has 4 heterocycles. The van der Waals surface area contributed by atoms with Gasteiger partial charge < -0.3 is 4.90 Å². The van der Waals surface area contributed by atoms with E-state index in [1.54, 1.807) is 28.0 Å². The average Bonchev–Trinajstić information content (AvgIpc) is 2.99. The maximum absolute atomic E-state index is 11.7. The first kappa shape index (κ1) is 14.1. The van der Waals surface area contributed by atoms with E-state index in [0.717, 1.165) is 24.1 Å². The van der Waals surface area contributed by atoms with E-state index in [4.69, 9.17) is 11.6 Å². The molecule has 7 heteroatoms. The van der Waals surface area contributed by atoms with Gasteiger partial charge in [0.15, 0.2) is 5.65 Å². The zero-order chi connectivity index (χ0) is 16.0. The van der Waals surface area contributed by atoms with Crippen LogP contribution < -0.4 is 0 Å². The van der Waals surface area contributed by atoms with Crippen molar-refractivity contribution in [2.45, 2.75) is 18.9 Å². The topological polar surface area (TPSA) is 63.4 Å². The van der Waals surface area contributed by atoms with Crippen molar-refractivity contribution in [1.29, 1.82) is 0 Å². The maximum atomic E-state index is 11.7. The minimum atomic E-state index is -0.677. The second-order valence-corrected chi connectivity index (χ2v) is 6.19. The van der Waals surface area contributed by atoms with Crippen LogP contribution in [-0.4, -0.2) is 37.4 Å². The van der Waals surface area contributed by atoms with Gasteiger partial charge in [0.1, 0.15) is 5.54 Å². The van der Waals surface area contributed by atoms with E-state index in [9.17, 15) is 4.79 Å². The van der Waals surface area contributed by atoms with E-state index in [0.29, 0.717) is 17.2 Å². The summed E-state index contributed by atoms with van der Waals surface area (Å²) in [6, 6.07) is 3.88. The van der Waals surface area contributed by atoms with Crippen molar-refractivity contribution in [1.82, 2.24) is 24.5 Å². The standard InChI is InChI=1S/C16H14ClN5O/c1-16(14-6-15-19-7-12(17)9-22(15)20-14)13-8-18-4-2-11(13)3-5-21(16)10-23/h2,4,6-10H,3,5H2,1H3. The third-order valence-corrected chi connectivity index (χ3v) is 4.74. The summed E-state index contributed by atoms with van der Waals surface area (Å²) in [5, 5.41) is 5.12.